The van der Waals surface area contributed by atoms with E-state index in [9.17, 15) is 8.42 Å². The number of fused-ring (bicyclic) bond motifs is 1. The van der Waals surface area contributed by atoms with Gasteiger partial charge in [-0.15, -0.1) is 0 Å². The molecule has 0 radical (unpaired) electrons. The highest BCUT2D eigenvalue weighted by Gasteiger charge is 2.31. The van der Waals surface area contributed by atoms with Gasteiger partial charge in [0.2, 0.25) is 10.0 Å². The molecule has 0 spiro atoms. The molecule has 110 valence electrons. The van der Waals surface area contributed by atoms with Gasteiger partial charge in [-0.1, -0.05) is 13.0 Å². The second kappa shape index (κ2) is 5.11. The highest BCUT2D eigenvalue weighted by Crippen LogP contribution is 2.24. The van der Waals surface area contributed by atoms with E-state index in [1.54, 1.807) is 12.1 Å². The number of hydrogen-bond acceptors (Lipinski definition) is 4. The summed E-state index contributed by atoms with van der Waals surface area (Å²) in [6.07, 6.45) is 0. The summed E-state index contributed by atoms with van der Waals surface area (Å²) >= 11 is 0. The van der Waals surface area contributed by atoms with Gasteiger partial charge in [0, 0.05) is 19.1 Å². The maximum atomic E-state index is 12.5. The van der Waals surface area contributed by atoms with Crippen molar-refractivity contribution in [3.8, 4) is 0 Å². The summed E-state index contributed by atoms with van der Waals surface area (Å²) in [4.78, 5) is 2.48. The van der Waals surface area contributed by atoms with Gasteiger partial charge in [-0.3, -0.25) is 0 Å². The van der Waals surface area contributed by atoms with Gasteiger partial charge in [-0.05, 0) is 36.2 Å². The van der Waals surface area contributed by atoms with E-state index in [0.29, 0.717) is 24.0 Å². The third-order valence-electron chi connectivity index (χ3n) is 4.10. The molecule has 0 amide bonds. The lowest BCUT2D eigenvalue weighted by Gasteiger charge is -2.17. The van der Waals surface area contributed by atoms with Crippen molar-refractivity contribution >= 4 is 10.0 Å². The van der Waals surface area contributed by atoms with E-state index in [2.05, 4.69) is 16.5 Å². The van der Waals surface area contributed by atoms with Gasteiger partial charge in [0.1, 0.15) is 0 Å². The van der Waals surface area contributed by atoms with Crippen LogP contribution < -0.4 is 4.72 Å². The van der Waals surface area contributed by atoms with Crippen LogP contribution in [0.5, 0.6) is 0 Å². The SMILES string of the molecule is C[C@H]1CN(C)C[C@@H]1NS(=O)(=O)c1ccc2c(c1)COC2. The first kappa shape index (κ1) is 14.0. The van der Waals surface area contributed by atoms with Gasteiger partial charge in [0.15, 0.2) is 0 Å². The highest BCUT2D eigenvalue weighted by atomic mass is 32.2. The van der Waals surface area contributed by atoms with Gasteiger partial charge in [0.05, 0.1) is 18.1 Å². The normalized spacial score (nSPS) is 26.9. The summed E-state index contributed by atoms with van der Waals surface area (Å²) in [6, 6.07) is 5.23. The lowest BCUT2D eigenvalue weighted by molar-refractivity contribution is 0.134. The molecule has 20 heavy (non-hydrogen) atoms. The summed E-state index contributed by atoms with van der Waals surface area (Å²) in [7, 11) is -1.44. The van der Waals surface area contributed by atoms with Crippen molar-refractivity contribution < 1.29 is 13.2 Å². The average Bonchev–Trinajstić information content (AvgIpc) is 2.95. The van der Waals surface area contributed by atoms with E-state index in [4.69, 9.17) is 4.74 Å². The first-order chi connectivity index (χ1) is 9.45. The summed E-state index contributed by atoms with van der Waals surface area (Å²) in [5.41, 5.74) is 2.06. The molecule has 0 aromatic heterocycles. The van der Waals surface area contributed by atoms with E-state index < -0.39 is 10.0 Å². The fraction of sp³-hybridized carbons (Fsp3) is 0.571. The molecular weight excluding hydrogens is 276 g/mol. The van der Waals surface area contributed by atoms with Crippen LogP contribution >= 0.6 is 0 Å². The Morgan fingerprint density at radius 3 is 2.70 bits per heavy atom. The zero-order valence-corrected chi connectivity index (χ0v) is 12.6. The number of rotatable bonds is 3. The number of hydrogen-bond donors (Lipinski definition) is 1. The summed E-state index contributed by atoms with van der Waals surface area (Å²) in [6.45, 7) is 4.84. The molecule has 6 heteroatoms. The molecule has 1 aromatic carbocycles. The van der Waals surface area contributed by atoms with Crippen LogP contribution in [0.15, 0.2) is 23.1 Å². The van der Waals surface area contributed by atoms with E-state index in [-0.39, 0.29) is 6.04 Å². The molecule has 2 atom stereocenters. The van der Waals surface area contributed by atoms with Gasteiger partial charge in [-0.2, -0.15) is 0 Å². The number of likely N-dealkylation sites (tertiary alicyclic amines) is 1. The molecule has 0 saturated carbocycles. The van der Waals surface area contributed by atoms with Gasteiger partial charge < -0.3 is 9.64 Å². The Kier molecular flexibility index (Phi) is 3.58. The molecular formula is C14H20N2O3S. The Labute approximate surface area is 120 Å². The molecule has 0 aliphatic carbocycles. The van der Waals surface area contributed by atoms with Crippen molar-refractivity contribution in [3.63, 3.8) is 0 Å². The van der Waals surface area contributed by atoms with E-state index in [1.165, 1.54) is 0 Å². The summed E-state index contributed by atoms with van der Waals surface area (Å²) in [5, 5.41) is 0. The second-order valence-electron chi connectivity index (χ2n) is 5.85. The molecule has 2 aliphatic heterocycles. The third kappa shape index (κ3) is 2.61. The number of ether oxygens (including phenoxy) is 1. The van der Waals surface area contributed by atoms with Crippen molar-refractivity contribution in [1.29, 1.82) is 0 Å². The van der Waals surface area contributed by atoms with E-state index >= 15 is 0 Å². The zero-order valence-electron chi connectivity index (χ0n) is 11.8. The maximum absolute atomic E-state index is 12.5. The lowest BCUT2D eigenvalue weighted by Crippen LogP contribution is -2.39. The van der Waals surface area contributed by atoms with Crippen LogP contribution in [0.25, 0.3) is 0 Å². The third-order valence-corrected chi connectivity index (χ3v) is 5.59. The van der Waals surface area contributed by atoms with Crippen LogP contribution in [-0.4, -0.2) is 39.5 Å². The number of benzene rings is 1. The van der Waals surface area contributed by atoms with E-state index in [0.717, 1.165) is 24.2 Å². The van der Waals surface area contributed by atoms with Crippen LogP contribution in [-0.2, 0) is 28.0 Å². The molecule has 2 aliphatic rings. The van der Waals surface area contributed by atoms with Crippen molar-refractivity contribution in [2.24, 2.45) is 5.92 Å². The molecule has 0 unspecified atom stereocenters. The lowest BCUT2D eigenvalue weighted by atomic mass is 10.1. The molecule has 0 bridgehead atoms. The smallest absolute Gasteiger partial charge is 0.240 e. The van der Waals surface area contributed by atoms with Crippen molar-refractivity contribution in [2.75, 3.05) is 20.1 Å². The standard InChI is InChI=1S/C14H20N2O3S/c1-10-6-16(2)7-14(10)15-20(17,18)13-4-3-11-8-19-9-12(11)5-13/h3-5,10,14-15H,6-9H2,1-2H3/t10-,14-/m0/s1. The van der Waals surface area contributed by atoms with Crippen molar-refractivity contribution in [1.82, 2.24) is 9.62 Å². The molecule has 1 saturated heterocycles. The summed E-state index contributed by atoms with van der Waals surface area (Å²) < 4.78 is 33.1. The first-order valence-electron chi connectivity index (χ1n) is 6.86. The first-order valence-corrected chi connectivity index (χ1v) is 8.34. The zero-order chi connectivity index (χ0) is 14.3. The van der Waals surface area contributed by atoms with Gasteiger partial charge in [0.25, 0.3) is 0 Å². The minimum absolute atomic E-state index is 0.0190. The Bertz CT molecular complexity index is 615. The van der Waals surface area contributed by atoms with Crippen LogP contribution in [0.1, 0.15) is 18.1 Å². The molecule has 1 aromatic rings. The molecule has 5 nitrogen and oxygen atoms in total. The Hall–Kier alpha value is -0.950. The van der Waals surface area contributed by atoms with Crippen LogP contribution in [0.2, 0.25) is 0 Å². The number of nitrogens with one attached hydrogen (secondary N) is 1. The molecule has 2 heterocycles. The Balaban J connectivity index is 1.81. The van der Waals surface area contributed by atoms with Gasteiger partial charge in [-0.25, -0.2) is 13.1 Å². The van der Waals surface area contributed by atoms with Crippen molar-refractivity contribution in [2.45, 2.75) is 31.1 Å². The number of likely N-dealkylation sites (N-methyl/N-ethyl adjacent to an activating group) is 1. The number of nitrogens with zero attached hydrogens (tertiary/aromatic N) is 1. The minimum Gasteiger partial charge on any atom is -0.372 e. The fourth-order valence-corrected chi connectivity index (χ4v) is 4.33. The quantitative estimate of drug-likeness (QED) is 0.902. The molecule has 3 rings (SSSR count). The largest absolute Gasteiger partial charge is 0.372 e. The minimum atomic E-state index is -3.45. The van der Waals surface area contributed by atoms with Crippen molar-refractivity contribution in [3.05, 3.63) is 29.3 Å². The maximum Gasteiger partial charge on any atom is 0.240 e. The predicted octanol–water partition coefficient (Wildman–Crippen LogP) is 0.945. The predicted molar refractivity (Wildman–Crippen MR) is 75.7 cm³/mol. The topological polar surface area (TPSA) is 58.6 Å². The molecule has 1 N–H and O–H groups in total. The van der Waals surface area contributed by atoms with Gasteiger partial charge >= 0.3 is 0 Å². The monoisotopic (exact) mass is 296 g/mol. The van der Waals surface area contributed by atoms with Crippen LogP contribution in [0, 0.1) is 5.92 Å². The summed E-state index contributed by atoms with van der Waals surface area (Å²) in [5.74, 6) is 0.326. The Morgan fingerprint density at radius 2 is 2.00 bits per heavy atom. The number of sulfonamides is 1. The van der Waals surface area contributed by atoms with Crippen LogP contribution in [0.4, 0.5) is 0 Å². The van der Waals surface area contributed by atoms with Crippen LogP contribution in [0.3, 0.4) is 0 Å². The highest BCUT2D eigenvalue weighted by molar-refractivity contribution is 7.89. The van der Waals surface area contributed by atoms with E-state index in [1.807, 2.05) is 13.1 Å². The Morgan fingerprint density at radius 1 is 1.25 bits per heavy atom. The fourth-order valence-electron chi connectivity index (χ4n) is 2.95. The second-order valence-corrected chi connectivity index (χ2v) is 7.56. The average molecular weight is 296 g/mol. The molecule has 1 fully saturated rings.